The van der Waals surface area contributed by atoms with Crippen LogP contribution in [0.5, 0.6) is 11.5 Å². The number of fused-ring (bicyclic) bond motifs is 3. The van der Waals surface area contributed by atoms with Gasteiger partial charge in [-0.3, -0.25) is 14.4 Å². The lowest BCUT2D eigenvalue weighted by Gasteiger charge is -2.40. The molecule has 3 N–H and O–H groups in total. The molecule has 0 bridgehead atoms. The zero-order chi connectivity index (χ0) is 29.1. The molecule has 0 aromatic heterocycles. The number of aldehydes is 1. The molecule has 4 atom stereocenters. The quantitative estimate of drug-likeness (QED) is 0.302. The Morgan fingerprint density at radius 2 is 1.93 bits per heavy atom. The number of carbonyl (C=O) groups is 3. The summed E-state index contributed by atoms with van der Waals surface area (Å²) in [5.41, 5.74) is 2.44. The number of rotatable bonds is 9. The number of nitrogens with zero attached hydrogens (tertiary/aromatic N) is 1. The molecule has 2 aromatic rings. The van der Waals surface area contributed by atoms with Gasteiger partial charge in [0.25, 0.3) is 0 Å². The minimum absolute atomic E-state index is 0.00409. The molecule has 1 heterocycles. The van der Waals surface area contributed by atoms with Crippen molar-refractivity contribution in [2.45, 2.75) is 44.6 Å². The third-order valence-electron chi connectivity index (χ3n) is 6.80. The van der Waals surface area contributed by atoms with E-state index in [1.165, 1.54) is 24.2 Å². The van der Waals surface area contributed by atoms with Crippen LogP contribution in [0.25, 0.3) is 0 Å². The van der Waals surface area contributed by atoms with Gasteiger partial charge in [0, 0.05) is 35.9 Å². The summed E-state index contributed by atoms with van der Waals surface area (Å²) in [4.78, 5) is 40.0. The van der Waals surface area contributed by atoms with Crippen molar-refractivity contribution in [1.82, 2.24) is 10.2 Å². The number of hydrogen-bond acceptors (Lipinski definition) is 7. The van der Waals surface area contributed by atoms with Crippen molar-refractivity contribution in [3.05, 3.63) is 80.4 Å². The Kier molecular flexibility index (Phi) is 9.20. The molecule has 212 valence electrons. The molecule has 4 rings (SSSR count). The van der Waals surface area contributed by atoms with Crippen LogP contribution in [0.15, 0.2) is 53.6 Å². The van der Waals surface area contributed by atoms with Crippen molar-refractivity contribution in [3.63, 3.8) is 0 Å². The van der Waals surface area contributed by atoms with Gasteiger partial charge in [0.1, 0.15) is 18.5 Å². The second kappa shape index (κ2) is 12.4. The summed E-state index contributed by atoms with van der Waals surface area (Å²) in [5, 5.41) is 24.3. The number of amides is 2. The monoisotopic (exact) mass is 588 g/mol. The Morgan fingerprint density at radius 1 is 1.18 bits per heavy atom. The second-order valence-electron chi connectivity index (χ2n) is 9.84. The molecule has 0 saturated heterocycles. The van der Waals surface area contributed by atoms with E-state index in [-0.39, 0.29) is 31.0 Å². The molecule has 0 radical (unpaired) electrons. The molecule has 0 spiro atoms. The molecule has 0 fully saturated rings. The molecule has 0 saturated carbocycles. The van der Waals surface area contributed by atoms with Gasteiger partial charge in [-0.15, -0.1) is 0 Å². The highest BCUT2D eigenvalue weighted by Crippen LogP contribution is 2.51. The van der Waals surface area contributed by atoms with E-state index in [0.717, 1.165) is 5.57 Å². The highest BCUT2D eigenvalue weighted by molar-refractivity contribution is 6.42. The first-order chi connectivity index (χ1) is 19.1. The highest BCUT2D eigenvalue weighted by Gasteiger charge is 2.51. The summed E-state index contributed by atoms with van der Waals surface area (Å²) in [6.45, 7) is 3.32. The van der Waals surface area contributed by atoms with Gasteiger partial charge in [-0.2, -0.15) is 0 Å². The van der Waals surface area contributed by atoms with E-state index < -0.39 is 36.0 Å². The molecular formula is C29H30Cl2N2O7. The van der Waals surface area contributed by atoms with Gasteiger partial charge in [0.2, 0.25) is 11.8 Å². The van der Waals surface area contributed by atoms with Crippen LogP contribution < -0.4 is 14.8 Å². The zero-order valence-electron chi connectivity index (χ0n) is 22.2. The first-order valence-electron chi connectivity index (χ1n) is 12.6. The topological polar surface area (TPSA) is 125 Å². The van der Waals surface area contributed by atoms with Gasteiger partial charge in [-0.1, -0.05) is 34.8 Å². The molecule has 0 unspecified atom stereocenters. The molecule has 1 aliphatic heterocycles. The van der Waals surface area contributed by atoms with E-state index in [9.17, 15) is 24.6 Å². The number of benzene rings is 2. The number of nitrogens with one attached hydrogen (secondary N) is 1. The van der Waals surface area contributed by atoms with Crippen LogP contribution in [-0.2, 0) is 16.1 Å². The van der Waals surface area contributed by atoms with Crippen LogP contribution in [-0.4, -0.2) is 71.7 Å². The first kappa shape index (κ1) is 29.6. The van der Waals surface area contributed by atoms with Crippen LogP contribution in [0.1, 0.15) is 41.3 Å². The Balaban J connectivity index is 1.85. The van der Waals surface area contributed by atoms with Crippen molar-refractivity contribution in [1.29, 1.82) is 0 Å². The molecule has 11 heteroatoms. The van der Waals surface area contributed by atoms with Gasteiger partial charge >= 0.3 is 0 Å². The van der Waals surface area contributed by atoms with Crippen molar-refractivity contribution < 1.29 is 34.1 Å². The van der Waals surface area contributed by atoms with E-state index in [2.05, 4.69) is 5.32 Å². The molecule has 1 aliphatic carbocycles. The summed E-state index contributed by atoms with van der Waals surface area (Å²) in [7, 11) is 1.43. The lowest BCUT2D eigenvalue weighted by atomic mass is 9.77. The van der Waals surface area contributed by atoms with E-state index in [0.29, 0.717) is 38.8 Å². The average Bonchev–Trinajstić information content (AvgIpc) is 3.32. The smallest absolute Gasteiger partial charge is 0.247 e. The predicted octanol–water partition coefficient (Wildman–Crippen LogP) is 3.43. The maximum absolute atomic E-state index is 13.5. The molecule has 2 aliphatic rings. The zero-order valence-corrected chi connectivity index (χ0v) is 23.7. The Bertz CT molecular complexity index is 1390. The number of allylic oxidation sites excluding steroid dienone is 1. The van der Waals surface area contributed by atoms with E-state index in [1.54, 1.807) is 44.2 Å². The highest BCUT2D eigenvalue weighted by atomic mass is 35.5. The van der Waals surface area contributed by atoms with Crippen LogP contribution in [0.3, 0.4) is 0 Å². The van der Waals surface area contributed by atoms with Crippen LogP contribution >= 0.6 is 23.2 Å². The lowest BCUT2D eigenvalue weighted by Crippen LogP contribution is -2.55. The van der Waals surface area contributed by atoms with Crippen molar-refractivity contribution in [3.8, 4) is 11.5 Å². The molecule has 2 aromatic carbocycles. The molecule has 40 heavy (non-hydrogen) atoms. The van der Waals surface area contributed by atoms with E-state index >= 15 is 0 Å². The van der Waals surface area contributed by atoms with E-state index in [4.69, 9.17) is 32.7 Å². The molecular weight excluding hydrogens is 559 g/mol. The lowest BCUT2D eigenvalue weighted by molar-refractivity contribution is -0.133. The number of ether oxygens (including phenoxy) is 2. The van der Waals surface area contributed by atoms with Crippen LogP contribution in [0.2, 0.25) is 10.0 Å². The summed E-state index contributed by atoms with van der Waals surface area (Å²) in [6, 6.07) is 7.10. The van der Waals surface area contributed by atoms with Gasteiger partial charge in [-0.05, 0) is 49.8 Å². The Labute approximate surface area is 242 Å². The average molecular weight is 589 g/mol. The minimum Gasteiger partial charge on any atom is -0.493 e. The normalized spacial score (nSPS) is 20.8. The number of aliphatic hydroxyl groups is 2. The SMILES string of the molecule is COc1cc(C=O)cc2c1O[C@@H]1[C@@H](O)[C@H](N(Cc3ccc(Cl)c(Cl)c3)C(=O)C=C(C)C)C=C(C(=O)NCCO)[C@H]21. The van der Waals surface area contributed by atoms with Gasteiger partial charge in [0.15, 0.2) is 11.5 Å². The largest absolute Gasteiger partial charge is 0.493 e. The Morgan fingerprint density at radius 3 is 2.55 bits per heavy atom. The fourth-order valence-corrected chi connectivity index (χ4v) is 5.37. The summed E-state index contributed by atoms with van der Waals surface area (Å²) < 4.78 is 11.6. The molecule has 2 amide bonds. The summed E-state index contributed by atoms with van der Waals surface area (Å²) in [5.74, 6) is -1.08. The first-order valence-corrected chi connectivity index (χ1v) is 13.4. The van der Waals surface area contributed by atoms with Crippen LogP contribution in [0.4, 0.5) is 0 Å². The number of hydrogen-bond donors (Lipinski definition) is 3. The molecule has 9 nitrogen and oxygen atoms in total. The third kappa shape index (κ3) is 5.88. The van der Waals surface area contributed by atoms with E-state index in [1.807, 2.05) is 0 Å². The van der Waals surface area contributed by atoms with Crippen LogP contribution in [0, 0.1) is 0 Å². The van der Waals surface area contributed by atoms with Gasteiger partial charge < -0.3 is 29.9 Å². The van der Waals surface area contributed by atoms with Crippen molar-refractivity contribution in [2.75, 3.05) is 20.3 Å². The number of methoxy groups -OCH3 is 1. The predicted molar refractivity (Wildman–Crippen MR) is 150 cm³/mol. The Hall–Kier alpha value is -3.37. The van der Waals surface area contributed by atoms with Gasteiger partial charge in [0.05, 0.1) is 35.7 Å². The van der Waals surface area contributed by atoms with Crippen molar-refractivity contribution in [2.24, 2.45) is 0 Å². The number of halogens is 2. The second-order valence-corrected chi connectivity index (χ2v) is 10.7. The van der Waals surface area contributed by atoms with Gasteiger partial charge in [-0.25, -0.2) is 0 Å². The summed E-state index contributed by atoms with van der Waals surface area (Å²) in [6.07, 6.45) is 1.40. The summed E-state index contributed by atoms with van der Waals surface area (Å²) >= 11 is 12.3. The number of carbonyl (C=O) groups excluding carboxylic acids is 3. The fourth-order valence-electron chi connectivity index (χ4n) is 5.05. The maximum atomic E-state index is 13.5. The number of aliphatic hydroxyl groups excluding tert-OH is 2. The standard InChI is InChI=1S/C29H30Cl2N2O7/c1-15(2)8-24(36)33(13-16-4-5-20(30)21(31)10-16)22-12-19(29(38)32-6-7-34)25-18-9-17(14-35)11-23(39-3)27(18)40-28(25)26(22)37/h4-5,8-12,14,22,25-26,28,34,37H,6-7,13H2,1-3H3,(H,32,38)/t22-,25+,26+,28+/m1/s1. The maximum Gasteiger partial charge on any atom is 0.247 e. The minimum atomic E-state index is -1.27. The third-order valence-corrected chi connectivity index (χ3v) is 7.54. The fraction of sp³-hybridized carbons (Fsp3) is 0.345. The van der Waals surface area contributed by atoms with Crippen molar-refractivity contribution >= 4 is 41.3 Å².